The van der Waals surface area contributed by atoms with E-state index in [0.717, 1.165) is 25.4 Å². The number of β-amino-alcohol motifs (C(OH)–C–C–N with tert-alkyl or cyclic N) is 1. The molecule has 2 fully saturated rings. The van der Waals surface area contributed by atoms with Crippen molar-refractivity contribution >= 4 is 0 Å². The van der Waals surface area contributed by atoms with Crippen LogP contribution in [0, 0.1) is 5.92 Å². The minimum Gasteiger partial charge on any atom is -0.392 e. The topological polar surface area (TPSA) is 35.5 Å². The molecule has 0 aromatic carbocycles. The van der Waals surface area contributed by atoms with Gasteiger partial charge in [-0.1, -0.05) is 0 Å². The predicted molar refractivity (Wildman–Crippen MR) is 57.3 cm³/mol. The van der Waals surface area contributed by atoms with Gasteiger partial charge in [0.2, 0.25) is 0 Å². The first kappa shape index (κ1) is 10.4. The van der Waals surface area contributed by atoms with Crippen molar-refractivity contribution in [1.82, 2.24) is 10.2 Å². The van der Waals surface area contributed by atoms with Crippen LogP contribution in [0.3, 0.4) is 0 Å². The van der Waals surface area contributed by atoms with Crippen molar-refractivity contribution < 1.29 is 5.11 Å². The number of hydrogen-bond acceptors (Lipinski definition) is 3. The number of aliphatic hydroxyl groups is 1. The van der Waals surface area contributed by atoms with Crippen molar-refractivity contribution in [2.24, 2.45) is 5.92 Å². The van der Waals surface area contributed by atoms with Gasteiger partial charge in [-0.15, -0.1) is 0 Å². The Morgan fingerprint density at radius 3 is 2.93 bits per heavy atom. The summed E-state index contributed by atoms with van der Waals surface area (Å²) >= 11 is 0. The average Bonchev–Trinajstić information content (AvgIpc) is 2.63. The third-order valence-electron chi connectivity index (χ3n) is 3.50. The molecule has 3 heteroatoms. The predicted octanol–water partition coefficient (Wildman–Crippen LogP) is 0.443. The Hall–Kier alpha value is -0.120. The molecule has 0 aliphatic carbocycles. The van der Waals surface area contributed by atoms with Gasteiger partial charge in [-0.2, -0.15) is 0 Å². The summed E-state index contributed by atoms with van der Waals surface area (Å²) in [5.74, 6) is 0.876. The highest BCUT2D eigenvalue weighted by Gasteiger charge is 2.21. The summed E-state index contributed by atoms with van der Waals surface area (Å²) < 4.78 is 0. The van der Waals surface area contributed by atoms with Gasteiger partial charge in [0.1, 0.15) is 0 Å². The standard InChI is InChI=1S/C11H22N2O/c14-11-4-7-13(9-11)6-3-10-2-1-5-12-8-10/h10-12,14H,1-9H2/t10-,11+/m1/s1. The zero-order chi connectivity index (χ0) is 9.80. The molecule has 0 aromatic rings. The molecule has 14 heavy (non-hydrogen) atoms. The SMILES string of the molecule is O[C@H]1CCN(CC[C@H]2CCCNC2)C1. The van der Waals surface area contributed by atoms with Gasteiger partial charge >= 0.3 is 0 Å². The van der Waals surface area contributed by atoms with E-state index in [1.54, 1.807) is 0 Å². The molecular weight excluding hydrogens is 176 g/mol. The lowest BCUT2D eigenvalue weighted by Crippen LogP contribution is -2.32. The normalized spacial score (nSPS) is 34.9. The van der Waals surface area contributed by atoms with E-state index in [1.165, 1.54) is 38.9 Å². The van der Waals surface area contributed by atoms with Crippen LogP contribution in [-0.2, 0) is 0 Å². The molecule has 0 radical (unpaired) electrons. The maximum atomic E-state index is 9.38. The average molecular weight is 198 g/mol. The molecule has 3 nitrogen and oxygen atoms in total. The van der Waals surface area contributed by atoms with Gasteiger partial charge in [0.15, 0.2) is 0 Å². The molecule has 0 unspecified atom stereocenters. The van der Waals surface area contributed by atoms with Gasteiger partial charge in [-0.3, -0.25) is 0 Å². The first-order chi connectivity index (χ1) is 6.84. The Labute approximate surface area is 86.5 Å². The lowest BCUT2D eigenvalue weighted by Gasteiger charge is -2.25. The molecule has 2 aliphatic heterocycles. The molecule has 2 N–H and O–H groups in total. The fourth-order valence-corrected chi connectivity index (χ4v) is 2.55. The number of rotatable bonds is 3. The molecule has 2 atom stereocenters. The minimum atomic E-state index is -0.0560. The molecule has 0 spiro atoms. The Kier molecular flexibility index (Phi) is 3.79. The number of piperidine rings is 1. The van der Waals surface area contributed by atoms with Crippen molar-refractivity contribution in [2.75, 3.05) is 32.7 Å². The Balaban J connectivity index is 1.61. The summed E-state index contributed by atoms with van der Waals surface area (Å²) in [5, 5.41) is 12.8. The van der Waals surface area contributed by atoms with Crippen LogP contribution in [-0.4, -0.2) is 48.8 Å². The van der Waals surface area contributed by atoms with Crippen LogP contribution in [0.25, 0.3) is 0 Å². The van der Waals surface area contributed by atoms with Crippen molar-refractivity contribution in [3.05, 3.63) is 0 Å². The molecule has 2 aliphatic rings. The summed E-state index contributed by atoms with van der Waals surface area (Å²) in [7, 11) is 0. The van der Waals surface area contributed by atoms with Gasteiger partial charge in [0, 0.05) is 13.1 Å². The highest BCUT2D eigenvalue weighted by atomic mass is 16.3. The third kappa shape index (κ3) is 2.94. The van der Waals surface area contributed by atoms with Gasteiger partial charge in [0.05, 0.1) is 6.10 Å². The maximum Gasteiger partial charge on any atom is 0.0679 e. The van der Waals surface area contributed by atoms with E-state index < -0.39 is 0 Å². The summed E-state index contributed by atoms with van der Waals surface area (Å²) in [4.78, 5) is 2.40. The molecule has 0 saturated carbocycles. The van der Waals surface area contributed by atoms with E-state index >= 15 is 0 Å². The van der Waals surface area contributed by atoms with Gasteiger partial charge in [-0.25, -0.2) is 0 Å². The summed E-state index contributed by atoms with van der Waals surface area (Å²) in [5.41, 5.74) is 0. The van der Waals surface area contributed by atoms with Crippen LogP contribution in [0.1, 0.15) is 25.7 Å². The quantitative estimate of drug-likeness (QED) is 0.691. The van der Waals surface area contributed by atoms with Crippen LogP contribution >= 0.6 is 0 Å². The lowest BCUT2D eigenvalue weighted by atomic mass is 9.96. The van der Waals surface area contributed by atoms with Crippen LogP contribution in [0.4, 0.5) is 0 Å². The van der Waals surface area contributed by atoms with Crippen molar-refractivity contribution in [2.45, 2.75) is 31.8 Å². The number of hydrogen-bond donors (Lipinski definition) is 2. The van der Waals surface area contributed by atoms with Gasteiger partial charge < -0.3 is 15.3 Å². The smallest absolute Gasteiger partial charge is 0.0679 e. The van der Waals surface area contributed by atoms with Crippen molar-refractivity contribution in [1.29, 1.82) is 0 Å². The molecule has 0 aromatic heterocycles. The largest absolute Gasteiger partial charge is 0.392 e. The van der Waals surface area contributed by atoms with E-state index in [9.17, 15) is 5.11 Å². The molecule has 0 bridgehead atoms. The molecular formula is C11H22N2O. The Morgan fingerprint density at radius 2 is 2.29 bits per heavy atom. The fourth-order valence-electron chi connectivity index (χ4n) is 2.55. The number of nitrogens with zero attached hydrogens (tertiary/aromatic N) is 1. The lowest BCUT2D eigenvalue weighted by molar-refractivity contribution is 0.172. The summed E-state index contributed by atoms with van der Waals surface area (Å²) in [6, 6.07) is 0. The molecule has 2 saturated heterocycles. The second kappa shape index (κ2) is 5.10. The molecule has 2 heterocycles. The Morgan fingerprint density at radius 1 is 1.36 bits per heavy atom. The molecule has 0 amide bonds. The van der Waals surface area contributed by atoms with Gasteiger partial charge in [-0.05, 0) is 51.2 Å². The minimum absolute atomic E-state index is 0.0560. The Bertz CT molecular complexity index is 164. The van der Waals surface area contributed by atoms with E-state index in [1.807, 2.05) is 0 Å². The maximum absolute atomic E-state index is 9.38. The van der Waals surface area contributed by atoms with Gasteiger partial charge in [0.25, 0.3) is 0 Å². The second-order valence-corrected chi connectivity index (χ2v) is 4.74. The first-order valence-electron chi connectivity index (χ1n) is 5.96. The highest BCUT2D eigenvalue weighted by molar-refractivity contribution is 4.76. The van der Waals surface area contributed by atoms with Crippen LogP contribution < -0.4 is 5.32 Å². The van der Waals surface area contributed by atoms with E-state index in [0.29, 0.717) is 0 Å². The van der Waals surface area contributed by atoms with E-state index in [-0.39, 0.29) is 6.10 Å². The molecule has 82 valence electrons. The van der Waals surface area contributed by atoms with Crippen molar-refractivity contribution in [3.63, 3.8) is 0 Å². The van der Waals surface area contributed by atoms with Crippen LogP contribution in [0.15, 0.2) is 0 Å². The monoisotopic (exact) mass is 198 g/mol. The molecule has 2 rings (SSSR count). The fraction of sp³-hybridized carbons (Fsp3) is 1.00. The second-order valence-electron chi connectivity index (χ2n) is 4.74. The van der Waals surface area contributed by atoms with E-state index in [4.69, 9.17) is 0 Å². The van der Waals surface area contributed by atoms with Crippen LogP contribution in [0.2, 0.25) is 0 Å². The zero-order valence-corrected chi connectivity index (χ0v) is 8.91. The summed E-state index contributed by atoms with van der Waals surface area (Å²) in [6.07, 6.45) is 4.96. The van der Waals surface area contributed by atoms with Crippen LogP contribution in [0.5, 0.6) is 0 Å². The van der Waals surface area contributed by atoms with E-state index in [2.05, 4.69) is 10.2 Å². The number of aliphatic hydroxyl groups excluding tert-OH is 1. The summed E-state index contributed by atoms with van der Waals surface area (Å²) in [6.45, 7) is 5.60. The van der Waals surface area contributed by atoms with Crippen molar-refractivity contribution in [3.8, 4) is 0 Å². The highest BCUT2D eigenvalue weighted by Crippen LogP contribution is 2.16. The number of nitrogens with one attached hydrogen (secondary N) is 1. The first-order valence-corrected chi connectivity index (χ1v) is 5.96. The zero-order valence-electron chi connectivity index (χ0n) is 8.91. The number of likely N-dealkylation sites (tertiary alicyclic amines) is 1. The third-order valence-corrected chi connectivity index (χ3v) is 3.50.